The van der Waals surface area contributed by atoms with Gasteiger partial charge in [-0.05, 0) is 22.3 Å². The SMILES string of the molecule is COC1CN(Cc2ccc(-c3ccc(C(O)C(CF)NC(=O)C(Cl)Cl)cc3)cc2)C1. The van der Waals surface area contributed by atoms with E-state index in [4.69, 9.17) is 27.9 Å². The number of nitrogens with one attached hydrogen (secondary N) is 1. The number of aliphatic hydroxyl groups excluding tert-OH is 1. The quantitative estimate of drug-likeness (QED) is 0.569. The molecule has 1 heterocycles. The van der Waals surface area contributed by atoms with E-state index in [2.05, 4.69) is 34.5 Å². The minimum atomic E-state index is -1.32. The molecule has 0 aliphatic carbocycles. The first kappa shape index (κ1) is 23.0. The molecule has 0 bridgehead atoms. The molecule has 2 aromatic carbocycles. The molecular weight excluding hydrogens is 430 g/mol. The zero-order valence-corrected chi connectivity index (χ0v) is 18.1. The molecule has 0 spiro atoms. The fourth-order valence-electron chi connectivity index (χ4n) is 3.41. The monoisotopic (exact) mass is 454 g/mol. The number of rotatable bonds is 9. The molecule has 8 heteroatoms. The topological polar surface area (TPSA) is 61.8 Å². The van der Waals surface area contributed by atoms with Gasteiger partial charge in [-0.2, -0.15) is 0 Å². The van der Waals surface area contributed by atoms with Crippen molar-refractivity contribution in [3.8, 4) is 11.1 Å². The van der Waals surface area contributed by atoms with Crippen LogP contribution in [0.4, 0.5) is 4.39 Å². The standard InChI is InChI=1S/C22H25Cl2FN2O3/c1-30-18-12-27(13-18)11-14-2-4-15(5-3-14)16-6-8-17(9-7-16)20(28)19(10-25)26-22(29)21(23)24/h2-9,18-21,28H,10-13H2,1H3,(H,26,29). The summed E-state index contributed by atoms with van der Waals surface area (Å²) >= 11 is 10.9. The Hall–Kier alpha value is -1.70. The number of alkyl halides is 3. The van der Waals surface area contributed by atoms with Gasteiger partial charge in [0.2, 0.25) is 0 Å². The van der Waals surface area contributed by atoms with Crippen LogP contribution in [0.3, 0.4) is 0 Å². The number of carbonyl (C=O) groups is 1. The van der Waals surface area contributed by atoms with Gasteiger partial charge in [0.15, 0.2) is 4.84 Å². The molecule has 1 saturated heterocycles. The van der Waals surface area contributed by atoms with Crippen molar-refractivity contribution in [3.63, 3.8) is 0 Å². The molecule has 5 nitrogen and oxygen atoms in total. The van der Waals surface area contributed by atoms with Crippen LogP contribution in [-0.2, 0) is 16.1 Å². The molecule has 3 rings (SSSR count). The second kappa shape index (κ2) is 10.6. The lowest BCUT2D eigenvalue weighted by Crippen LogP contribution is -2.50. The molecule has 2 N–H and O–H groups in total. The number of benzene rings is 2. The lowest BCUT2D eigenvalue weighted by atomic mass is 9.98. The van der Waals surface area contributed by atoms with Crippen molar-refractivity contribution in [2.24, 2.45) is 0 Å². The molecule has 0 saturated carbocycles. The van der Waals surface area contributed by atoms with Crippen molar-refractivity contribution >= 4 is 29.1 Å². The summed E-state index contributed by atoms with van der Waals surface area (Å²) in [5.41, 5.74) is 3.74. The molecule has 0 aromatic heterocycles. The molecule has 0 radical (unpaired) electrons. The predicted molar refractivity (Wildman–Crippen MR) is 116 cm³/mol. The summed E-state index contributed by atoms with van der Waals surface area (Å²) in [6, 6.07) is 14.3. The second-order valence-electron chi connectivity index (χ2n) is 7.39. The number of halogens is 3. The van der Waals surface area contributed by atoms with Gasteiger partial charge in [0.05, 0.1) is 12.1 Å². The third-order valence-corrected chi connectivity index (χ3v) is 5.67. The highest BCUT2D eigenvalue weighted by atomic mass is 35.5. The zero-order chi connectivity index (χ0) is 21.7. The Morgan fingerprint density at radius 2 is 1.73 bits per heavy atom. The minimum absolute atomic E-state index is 0.342. The van der Waals surface area contributed by atoms with Crippen LogP contribution in [0.1, 0.15) is 17.2 Å². The van der Waals surface area contributed by atoms with Gasteiger partial charge in [-0.1, -0.05) is 71.7 Å². The predicted octanol–water partition coefficient (Wildman–Crippen LogP) is 3.48. The summed E-state index contributed by atoms with van der Waals surface area (Å²) in [4.78, 5) is 12.6. The molecule has 2 aromatic rings. The van der Waals surface area contributed by atoms with E-state index in [0.29, 0.717) is 11.7 Å². The highest BCUT2D eigenvalue weighted by molar-refractivity contribution is 6.53. The maximum absolute atomic E-state index is 13.3. The fraction of sp³-hybridized carbons (Fsp3) is 0.409. The highest BCUT2D eigenvalue weighted by Gasteiger charge is 2.26. The van der Waals surface area contributed by atoms with Crippen molar-refractivity contribution < 1.29 is 19.0 Å². The van der Waals surface area contributed by atoms with E-state index >= 15 is 0 Å². The first-order valence-electron chi connectivity index (χ1n) is 9.68. The lowest BCUT2D eigenvalue weighted by Gasteiger charge is -2.38. The molecule has 162 valence electrons. The Morgan fingerprint density at radius 3 is 2.23 bits per heavy atom. The number of likely N-dealkylation sites (tertiary alicyclic amines) is 1. The molecule has 1 aliphatic heterocycles. The summed E-state index contributed by atoms with van der Waals surface area (Å²) in [6.07, 6.45) is -0.871. The molecule has 1 amide bonds. The van der Waals surface area contributed by atoms with Crippen molar-refractivity contribution in [2.45, 2.75) is 29.6 Å². The van der Waals surface area contributed by atoms with E-state index < -0.39 is 29.6 Å². The van der Waals surface area contributed by atoms with Gasteiger partial charge in [-0.15, -0.1) is 0 Å². The molecule has 1 fully saturated rings. The van der Waals surface area contributed by atoms with Gasteiger partial charge in [0.25, 0.3) is 5.91 Å². The van der Waals surface area contributed by atoms with Gasteiger partial charge < -0.3 is 15.2 Å². The van der Waals surface area contributed by atoms with E-state index in [0.717, 1.165) is 30.8 Å². The largest absolute Gasteiger partial charge is 0.386 e. The van der Waals surface area contributed by atoms with Gasteiger partial charge in [0, 0.05) is 26.7 Å². The summed E-state index contributed by atoms with van der Waals surface area (Å²) in [5, 5.41) is 12.7. The van der Waals surface area contributed by atoms with Crippen LogP contribution in [0, 0.1) is 0 Å². The number of amides is 1. The number of hydrogen-bond acceptors (Lipinski definition) is 4. The van der Waals surface area contributed by atoms with Crippen LogP contribution in [0.5, 0.6) is 0 Å². The number of ether oxygens (including phenoxy) is 1. The Kier molecular flexibility index (Phi) is 8.08. The van der Waals surface area contributed by atoms with E-state index in [1.165, 1.54) is 5.56 Å². The van der Waals surface area contributed by atoms with E-state index in [9.17, 15) is 14.3 Å². The summed E-state index contributed by atoms with van der Waals surface area (Å²) in [6.45, 7) is 1.86. The van der Waals surface area contributed by atoms with Crippen LogP contribution < -0.4 is 5.32 Å². The third-order valence-electron chi connectivity index (χ3n) is 5.28. The Bertz CT molecular complexity index is 827. The Balaban J connectivity index is 1.61. The number of aliphatic hydroxyl groups is 1. The molecular formula is C22H25Cl2FN2O3. The summed E-state index contributed by atoms with van der Waals surface area (Å²) in [5.74, 6) is -0.743. The number of carbonyl (C=O) groups excluding carboxylic acids is 1. The first-order valence-corrected chi connectivity index (χ1v) is 10.6. The van der Waals surface area contributed by atoms with E-state index in [1.54, 1.807) is 19.2 Å². The summed E-state index contributed by atoms with van der Waals surface area (Å²) in [7, 11) is 1.74. The van der Waals surface area contributed by atoms with E-state index in [-0.39, 0.29) is 0 Å². The van der Waals surface area contributed by atoms with Gasteiger partial charge in [-0.3, -0.25) is 9.69 Å². The van der Waals surface area contributed by atoms with Gasteiger partial charge in [-0.25, -0.2) is 4.39 Å². The van der Waals surface area contributed by atoms with Crippen LogP contribution in [0.15, 0.2) is 48.5 Å². The van der Waals surface area contributed by atoms with Crippen molar-refractivity contribution in [2.75, 3.05) is 26.9 Å². The normalized spacial score (nSPS) is 16.9. The lowest BCUT2D eigenvalue weighted by molar-refractivity contribution is -0.121. The minimum Gasteiger partial charge on any atom is -0.386 e. The van der Waals surface area contributed by atoms with E-state index in [1.807, 2.05) is 12.1 Å². The molecule has 2 unspecified atom stereocenters. The number of nitrogens with zero attached hydrogens (tertiary/aromatic N) is 1. The average molecular weight is 455 g/mol. The Labute approximate surface area is 185 Å². The third kappa shape index (κ3) is 5.71. The molecule has 30 heavy (non-hydrogen) atoms. The van der Waals surface area contributed by atoms with Gasteiger partial charge in [0.1, 0.15) is 12.8 Å². The summed E-state index contributed by atoms with van der Waals surface area (Å²) < 4.78 is 18.6. The van der Waals surface area contributed by atoms with Crippen LogP contribution in [-0.4, -0.2) is 59.8 Å². The highest BCUT2D eigenvalue weighted by Crippen LogP contribution is 2.25. The van der Waals surface area contributed by atoms with Crippen LogP contribution in [0.25, 0.3) is 11.1 Å². The number of methoxy groups -OCH3 is 1. The van der Waals surface area contributed by atoms with Crippen molar-refractivity contribution in [1.29, 1.82) is 0 Å². The van der Waals surface area contributed by atoms with Crippen molar-refractivity contribution in [3.05, 3.63) is 59.7 Å². The maximum Gasteiger partial charge on any atom is 0.253 e. The van der Waals surface area contributed by atoms with Gasteiger partial charge >= 0.3 is 0 Å². The maximum atomic E-state index is 13.3. The number of hydrogen-bond donors (Lipinski definition) is 2. The second-order valence-corrected chi connectivity index (χ2v) is 8.48. The molecule has 2 atom stereocenters. The Morgan fingerprint density at radius 1 is 1.17 bits per heavy atom. The van der Waals surface area contributed by atoms with Crippen LogP contribution >= 0.6 is 23.2 Å². The zero-order valence-electron chi connectivity index (χ0n) is 16.6. The molecule has 1 aliphatic rings. The first-order chi connectivity index (χ1) is 14.4. The fourth-order valence-corrected chi connectivity index (χ4v) is 3.54. The van der Waals surface area contributed by atoms with Crippen LogP contribution in [0.2, 0.25) is 0 Å². The average Bonchev–Trinajstić information content (AvgIpc) is 2.74. The smallest absolute Gasteiger partial charge is 0.253 e. The van der Waals surface area contributed by atoms with Crippen molar-refractivity contribution in [1.82, 2.24) is 10.2 Å².